The molecule has 3 rings (SSSR count). The zero-order valence-electron chi connectivity index (χ0n) is 12.5. The number of rotatable bonds is 4. The van der Waals surface area contributed by atoms with Crippen LogP contribution >= 0.6 is 0 Å². The number of hydrogen-bond donors (Lipinski definition) is 1. The maximum atomic E-state index is 12.5. The van der Waals surface area contributed by atoms with Gasteiger partial charge in [-0.15, -0.1) is 0 Å². The summed E-state index contributed by atoms with van der Waals surface area (Å²) in [6.45, 7) is 1.77. The molecule has 5 nitrogen and oxygen atoms in total. The molecule has 0 aliphatic heterocycles. The minimum Gasteiger partial charge on any atom is -0.506 e. The van der Waals surface area contributed by atoms with Gasteiger partial charge in [-0.2, -0.15) is 0 Å². The molecule has 0 atom stereocenters. The number of carbonyl (C=O) groups excluding carboxylic acids is 2. The summed E-state index contributed by atoms with van der Waals surface area (Å²) in [6.07, 6.45) is 1.41. The van der Waals surface area contributed by atoms with Gasteiger partial charge in [0, 0.05) is 11.1 Å². The number of ketones is 1. The fourth-order valence-electron chi connectivity index (χ4n) is 2.52. The number of pyridine rings is 1. The molecule has 0 bridgehead atoms. The van der Waals surface area contributed by atoms with E-state index in [0.29, 0.717) is 11.1 Å². The molecule has 0 aliphatic rings. The number of benzene rings is 1. The first-order valence-corrected chi connectivity index (χ1v) is 7.22. The first kappa shape index (κ1) is 14.8. The summed E-state index contributed by atoms with van der Waals surface area (Å²) in [5, 5.41) is 9.71. The van der Waals surface area contributed by atoms with Gasteiger partial charge in [-0.05, 0) is 30.7 Å². The molecule has 3 aromatic rings. The molecular formula is C18H15NO4. The van der Waals surface area contributed by atoms with Gasteiger partial charge in [0.2, 0.25) is 0 Å². The number of esters is 1. The molecule has 0 aliphatic carbocycles. The summed E-state index contributed by atoms with van der Waals surface area (Å²) in [5.41, 5.74) is 2.31. The van der Waals surface area contributed by atoms with E-state index < -0.39 is 11.8 Å². The molecule has 5 heteroatoms. The van der Waals surface area contributed by atoms with E-state index in [9.17, 15) is 14.7 Å². The van der Waals surface area contributed by atoms with Crippen molar-refractivity contribution in [3.8, 4) is 16.9 Å². The summed E-state index contributed by atoms with van der Waals surface area (Å²) in [6, 6.07) is 14.3. The molecule has 0 saturated carbocycles. The van der Waals surface area contributed by atoms with Gasteiger partial charge in [0.05, 0.1) is 12.8 Å². The van der Waals surface area contributed by atoms with E-state index in [1.54, 1.807) is 19.1 Å². The van der Waals surface area contributed by atoms with Crippen molar-refractivity contribution in [3.63, 3.8) is 0 Å². The molecule has 0 radical (unpaired) electrons. The highest BCUT2D eigenvalue weighted by Gasteiger charge is 2.25. The van der Waals surface area contributed by atoms with Crippen LogP contribution in [0.2, 0.25) is 0 Å². The van der Waals surface area contributed by atoms with Gasteiger partial charge in [0.25, 0.3) is 5.78 Å². The molecular weight excluding hydrogens is 294 g/mol. The average Bonchev–Trinajstić information content (AvgIpc) is 2.93. The zero-order valence-corrected chi connectivity index (χ0v) is 12.5. The van der Waals surface area contributed by atoms with Gasteiger partial charge >= 0.3 is 5.97 Å². The Kier molecular flexibility index (Phi) is 3.85. The van der Waals surface area contributed by atoms with Crippen molar-refractivity contribution >= 4 is 17.3 Å². The molecule has 1 aromatic carbocycles. The molecule has 2 aromatic heterocycles. The fourth-order valence-corrected chi connectivity index (χ4v) is 2.52. The van der Waals surface area contributed by atoms with Gasteiger partial charge in [-0.1, -0.05) is 30.3 Å². The third kappa shape index (κ3) is 2.68. The highest BCUT2D eigenvalue weighted by Crippen LogP contribution is 2.29. The zero-order chi connectivity index (χ0) is 16.4. The lowest BCUT2D eigenvalue weighted by Gasteiger charge is -2.06. The molecule has 23 heavy (non-hydrogen) atoms. The Morgan fingerprint density at radius 1 is 1.13 bits per heavy atom. The Bertz CT molecular complexity index is 881. The van der Waals surface area contributed by atoms with Gasteiger partial charge in [-0.25, -0.2) is 4.79 Å². The van der Waals surface area contributed by atoms with E-state index in [0.717, 1.165) is 5.56 Å². The van der Waals surface area contributed by atoms with Crippen molar-refractivity contribution in [1.82, 2.24) is 4.40 Å². The third-order valence-electron chi connectivity index (χ3n) is 3.51. The van der Waals surface area contributed by atoms with Crippen molar-refractivity contribution < 1.29 is 19.4 Å². The third-order valence-corrected chi connectivity index (χ3v) is 3.51. The van der Waals surface area contributed by atoms with Gasteiger partial charge in [0.15, 0.2) is 0 Å². The standard InChI is InChI=1S/C18H15NO4/c1-2-23-18(22)17(21)16-15(12-6-4-3-5-7-12)10-13-8-9-14(20)11-19(13)16/h3-11,20H,2H2,1H3. The van der Waals surface area contributed by atoms with E-state index >= 15 is 0 Å². The summed E-state index contributed by atoms with van der Waals surface area (Å²) in [7, 11) is 0. The van der Waals surface area contributed by atoms with Crippen LogP contribution in [0.3, 0.4) is 0 Å². The SMILES string of the molecule is CCOC(=O)C(=O)c1c(-c2ccccc2)cc2ccc(O)cn12. The lowest BCUT2D eigenvalue weighted by molar-refractivity contribution is -0.137. The summed E-state index contributed by atoms with van der Waals surface area (Å²) in [5.74, 6) is -1.64. The fraction of sp³-hybridized carbons (Fsp3) is 0.111. The number of ether oxygens (including phenoxy) is 1. The Morgan fingerprint density at radius 2 is 1.87 bits per heavy atom. The smallest absolute Gasteiger partial charge is 0.381 e. The van der Waals surface area contributed by atoms with Gasteiger partial charge in [0.1, 0.15) is 11.4 Å². The largest absolute Gasteiger partial charge is 0.506 e. The molecule has 0 spiro atoms. The van der Waals surface area contributed by atoms with Crippen LogP contribution in [-0.2, 0) is 9.53 Å². The second-order valence-corrected chi connectivity index (χ2v) is 5.00. The highest BCUT2D eigenvalue weighted by molar-refractivity contribution is 6.41. The minimum atomic E-state index is -0.909. The predicted octanol–water partition coefficient (Wildman–Crippen LogP) is 3.06. The summed E-state index contributed by atoms with van der Waals surface area (Å²) >= 11 is 0. The van der Waals surface area contributed by atoms with E-state index in [2.05, 4.69) is 0 Å². The van der Waals surface area contributed by atoms with Crippen molar-refractivity contribution in [2.45, 2.75) is 6.92 Å². The Labute approximate surface area is 132 Å². The van der Waals surface area contributed by atoms with Crippen LogP contribution in [0.4, 0.5) is 0 Å². The molecule has 0 unspecified atom stereocenters. The molecule has 2 heterocycles. The minimum absolute atomic E-state index is 0.00520. The van der Waals surface area contributed by atoms with Crippen molar-refractivity contribution in [3.05, 3.63) is 60.4 Å². The molecule has 116 valence electrons. The Balaban J connectivity index is 2.25. The van der Waals surface area contributed by atoms with E-state index in [-0.39, 0.29) is 18.1 Å². The molecule has 0 amide bonds. The van der Waals surface area contributed by atoms with Crippen LogP contribution in [0.1, 0.15) is 17.4 Å². The number of fused-ring (bicyclic) bond motifs is 1. The van der Waals surface area contributed by atoms with Crippen LogP contribution < -0.4 is 0 Å². The maximum absolute atomic E-state index is 12.5. The molecule has 0 fully saturated rings. The predicted molar refractivity (Wildman–Crippen MR) is 85.5 cm³/mol. The van der Waals surface area contributed by atoms with E-state index in [4.69, 9.17) is 4.74 Å². The Morgan fingerprint density at radius 3 is 2.57 bits per heavy atom. The van der Waals surface area contributed by atoms with Crippen molar-refractivity contribution in [2.75, 3.05) is 6.61 Å². The lowest BCUT2D eigenvalue weighted by atomic mass is 10.0. The first-order valence-electron chi connectivity index (χ1n) is 7.22. The van der Waals surface area contributed by atoms with Crippen LogP contribution in [0, 0.1) is 0 Å². The summed E-state index contributed by atoms with van der Waals surface area (Å²) < 4.78 is 6.34. The number of carbonyl (C=O) groups is 2. The second kappa shape index (κ2) is 5.96. The normalized spacial score (nSPS) is 10.7. The van der Waals surface area contributed by atoms with Gasteiger partial charge < -0.3 is 14.2 Å². The summed E-state index contributed by atoms with van der Waals surface area (Å²) in [4.78, 5) is 24.4. The van der Waals surface area contributed by atoms with Crippen molar-refractivity contribution in [1.29, 1.82) is 0 Å². The second-order valence-electron chi connectivity index (χ2n) is 5.00. The number of aromatic hydroxyl groups is 1. The van der Waals surface area contributed by atoms with Crippen LogP contribution in [-0.4, -0.2) is 27.9 Å². The number of nitrogens with zero attached hydrogens (tertiary/aromatic N) is 1. The van der Waals surface area contributed by atoms with Crippen LogP contribution in [0.15, 0.2) is 54.7 Å². The highest BCUT2D eigenvalue weighted by atomic mass is 16.5. The monoisotopic (exact) mass is 309 g/mol. The van der Waals surface area contributed by atoms with E-state index in [1.165, 1.54) is 16.7 Å². The van der Waals surface area contributed by atoms with E-state index in [1.807, 2.05) is 30.3 Å². The first-order chi connectivity index (χ1) is 11.1. The number of Topliss-reactive ketones (excluding diaryl/α,β-unsaturated/α-hetero) is 1. The maximum Gasteiger partial charge on any atom is 0.381 e. The quantitative estimate of drug-likeness (QED) is 0.457. The van der Waals surface area contributed by atoms with Crippen molar-refractivity contribution in [2.24, 2.45) is 0 Å². The number of hydrogen-bond acceptors (Lipinski definition) is 4. The topological polar surface area (TPSA) is 68.0 Å². The lowest BCUT2D eigenvalue weighted by Crippen LogP contribution is -2.19. The molecule has 0 saturated heterocycles. The number of aromatic nitrogens is 1. The Hall–Kier alpha value is -3.08. The van der Waals surface area contributed by atoms with Crippen LogP contribution in [0.25, 0.3) is 16.6 Å². The average molecular weight is 309 g/mol. The molecule has 1 N–H and O–H groups in total. The van der Waals surface area contributed by atoms with Crippen LogP contribution in [0.5, 0.6) is 5.75 Å². The van der Waals surface area contributed by atoms with Gasteiger partial charge in [-0.3, -0.25) is 4.79 Å².